The summed E-state index contributed by atoms with van der Waals surface area (Å²) >= 11 is 0. The predicted octanol–water partition coefficient (Wildman–Crippen LogP) is 10.5. The van der Waals surface area contributed by atoms with Crippen LogP contribution in [0.2, 0.25) is 0 Å². The molecule has 0 atom stereocenters. The Morgan fingerprint density at radius 1 is 0.622 bits per heavy atom. The summed E-state index contributed by atoms with van der Waals surface area (Å²) < 4.78 is 0. The lowest BCUT2D eigenvalue weighted by molar-refractivity contribution is 0.660. The Balaban J connectivity index is 1.22. The van der Waals surface area contributed by atoms with Gasteiger partial charge in [-0.3, -0.25) is 10.8 Å². The summed E-state index contributed by atoms with van der Waals surface area (Å²) in [5.41, 5.74) is 15.5. The Morgan fingerprint density at radius 2 is 1.31 bits per heavy atom. The van der Waals surface area contributed by atoms with Gasteiger partial charge in [-0.15, -0.1) is 0 Å². The number of nitrogens with one attached hydrogen (secondary N) is 2. The van der Waals surface area contributed by atoms with Gasteiger partial charge in [0.25, 0.3) is 0 Å². The Kier molecular flexibility index (Phi) is 6.24. The van der Waals surface area contributed by atoms with Gasteiger partial charge < -0.3 is 4.90 Å². The largest absolute Gasteiger partial charge is 0.310 e. The third kappa shape index (κ3) is 4.46. The van der Waals surface area contributed by atoms with E-state index < -0.39 is 0 Å². The van der Waals surface area contributed by atoms with E-state index in [1.165, 1.54) is 22.3 Å². The van der Waals surface area contributed by atoms with Crippen LogP contribution in [0.4, 0.5) is 22.7 Å². The number of hydrazone groups is 1. The summed E-state index contributed by atoms with van der Waals surface area (Å²) in [7, 11) is 0. The first-order chi connectivity index (χ1) is 22.0. The monoisotopic (exact) mass is 580 g/mol. The van der Waals surface area contributed by atoms with Crippen LogP contribution in [-0.4, -0.2) is 11.4 Å². The van der Waals surface area contributed by atoms with E-state index in [1.807, 2.05) is 42.5 Å². The zero-order valence-electron chi connectivity index (χ0n) is 25.3. The highest BCUT2D eigenvalue weighted by Gasteiger charge is 2.35. The predicted molar refractivity (Wildman–Crippen MR) is 190 cm³/mol. The molecule has 0 saturated heterocycles. The van der Waals surface area contributed by atoms with Crippen LogP contribution in [0, 0.1) is 5.41 Å². The van der Waals surface area contributed by atoms with Crippen molar-refractivity contribution < 1.29 is 0 Å². The molecule has 8 rings (SSSR count). The second-order valence-electron chi connectivity index (χ2n) is 12.2. The number of anilines is 4. The summed E-state index contributed by atoms with van der Waals surface area (Å²) in [4.78, 5) is 2.33. The fourth-order valence-corrected chi connectivity index (χ4v) is 6.86. The van der Waals surface area contributed by atoms with Crippen molar-refractivity contribution in [2.24, 2.45) is 5.10 Å². The maximum Gasteiger partial charge on any atom is 0.109 e. The van der Waals surface area contributed by atoms with Crippen LogP contribution >= 0.6 is 0 Å². The molecular weight excluding hydrogens is 548 g/mol. The third-order valence-electron chi connectivity index (χ3n) is 9.14. The van der Waals surface area contributed by atoms with Crippen molar-refractivity contribution in [3.05, 3.63) is 162 Å². The molecule has 0 fully saturated rings. The minimum atomic E-state index is -0.0880. The van der Waals surface area contributed by atoms with E-state index in [0.717, 1.165) is 44.6 Å². The van der Waals surface area contributed by atoms with E-state index in [9.17, 15) is 0 Å². The number of rotatable bonds is 5. The van der Waals surface area contributed by atoms with Crippen LogP contribution in [0.5, 0.6) is 0 Å². The molecule has 0 unspecified atom stereocenters. The number of para-hydroxylation sites is 2. The molecule has 6 aromatic rings. The molecule has 2 aliphatic rings. The third-order valence-corrected chi connectivity index (χ3v) is 9.14. The Bertz CT molecular complexity index is 2180. The van der Waals surface area contributed by atoms with Gasteiger partial charge in [0, 0.05) is 28.0 Å². The molecule has 2 aliphatic carbocycles. The van der Waals surface area contributed by atoms with Crippen molar-refractivity contribution in [3.63, 3.8) is 0 Å². The summed E-state index contributed by atoms with van der Waals surface area (Å²) in [5, 5.41) is 15.8. The Hall–Kier alpha value is -5.74. The maximum absolute atomic E-state index is 9.11. The van der Waals surface area contributed by atoms with Gasteiger partial charge in [-0.2, -0.15) is 5.10 Å². The molecule has 0 aromatic heterocycles. The van der Waals surface area contributed by atoms with Crippen LogP contribution in [0.25, 0.3) is 28.0 Å². The Morgan fingerprint density at radius 3 is 2.13 bits per heavy atom. The molecule has 4 nitrogen and oxygen atoms in total. The standard InChI is InChI=1S/C41H32N4/c1-41(2)36-16-10-9-15-34(36)35-23-21-32(26-37(35)41)45(30-13-7-4-8-14-30)31-20-22-33-28(25-31)18-17-27-19-24-38(40(42)39(27)33)44-43-29-11-5-3-6-12-29/h3-26,42-43H,1-2H3/b42-40?,44-38-. The fraction of sp³-hybridized carbons (Fsp3) is 0.0732. The van der Waals surface area contributed by atoms with E-state index in [1.54, 1.807) is 0 Å². The van der Waals surface area contributed by atoms with Crippen molar-refractivity contribution in [1.82, 2.24) is 0 Å². The van der Waals surface area contributed by atoms with Crippen LogP contribution in [0.1, 0.15) is 36.1 Å². The number of nitrogens with zero attached hydrogens (tertiary/aromatic N) is 2. The summed E-state index contributed by atoms with van der Waals surface area (Å²) in [5.74, 6) is 0. The van der Waals surface area contributed by atoms with Crippen molar-refractivity contribution >= 4 is 51.0 Å². The quantitative estimate of drug-likeness (QED) is 0.199. The van der Waals surface area contributed by atoms with Crippen LogP contribution < -0.4 is 10.3 Å². The minimum Gasteiger partial charge on any atom is -0.310 e. The van der Waals surface area contributed by atoms with Gasteiger partial charge in [-0.25, -0.2) is 0 Å². The topological polar surface area (TPSA) is 51.5 Å². The average Bonchev–Trinajstić information content (AvgIpc) is 3.31. The van der Waals surface area contributed by atoms with Gasteiger partial charge in [0.15, 0.2) is 0 Å². The number of benzene rings is 6. The molecule has 0 heterocycles. The average molecular weight is 581 g/mol. The van der Waals surface area contributed by atoms with Crippen molar-refractivity contribution in [3.8, 4) is 11.1 Å². The second kappa shape index (κ2) is 10.5. The van der Waals surface area contributed by atoms with Crippen LogP contribution in [0.15, 0.2) is 145 Å². The molecule has 2 N–H and O–H groups in total. The fourth-order valence-electron chi connectivity index (χ4n) is 6.86. The molecular formula is C41H32N4. The first-order valence-corrected chi connectivity index (χ1v) is 15.3. The lowest BCUT2D eigenvalue weighted by Gasteiger charge is -2.28. The van der Waals surface area contributed by atoms with Crippen molar-refractivity contribution in [2.75, 3.05) is 10.3 Å². The molecule has 0 saturated carbocycles. The van der Waals surface area contributed by atoms with Gasteiger partial charge >= 0.3 is 0 Å². The number of allylic oxidation sites excluding steroid dienone is 1. The van der Waals surface area contributed by atoms with E-state index >= 15 is 0 Å². The highest BCUT2D eigenvalue weighted by Crippen LogP contribution is 2.50. The minimum absolute atomic E-state index is 0.0880. The van der Waals surface area contributed by atoms with E-state index in [-0.39, 0.29) is 5.41 Å². The van der Waals surface area contributed by atoms with Crippen LogP contribution in [-0.2, 0) is 5.41 Å². The first kappa shape index (κ1) is 26.9. The molecule has 0 aliphatic heterocycles. The molecule has 216 valence electrons. The summed E-state index contributed by atoms with van der Waals surface area (Å²) in [6, 6.07) is 46.9. The zero-order valence-corrected chi connectivity index (χ0v) is 25.3. The second-order valence-corrected chi connectivity index (χ2v) is 12.2. The number of fused-ring (bicyclic) bond motifs is 6. The van der Waals surface area contributed by atoms with Crippen LogP contribution in [0.3, 0.4) is 0 Å². The van der Waals surface area contributed by atoms with Gasteiger partial charge in [0.05, 0.1) is 11.4 Å². The molecule has 0 spiro atoms. The Labute approximate surface area is 263 Å². The van der Waals surface area contributed by atoms with Gasteiger partial charge in [-0.05, 0) is 93.2 Å². The zero-order chi connectivity index (χ0) is 30.5. The van der Waals surface area contributed by atoms with E-state index in [4.69, 9.17) is 5.41 Å². The maximum atomic E-state index is 9.11. The molecule has 0 bridgehead atoms. The molecule has 6 aromatic carbocycles. The van der Waals surface area contributed by atoms with Gasteiger partial charge in [0.1, 0.15) is 5.71 Å². The van der Waals surface area contributed by atoms with Gasteiger partial charge in [0.2, 0.25) is 0 Å². The van der Waals surface area contributed by atoms with E-state index in [2.05, 4.69) is 132 Å². The SMILES string of the molecule is CC1(C)c2ccccc2-c2ccc(N(c3ccccc3)c3ccc4c5c(ccc4c3)C=C/C(=N/Nc3ccccc3)C5=N)cc21. The highest BCUT2D eigenvalue weighted by atomic mass is 15.3. The molecule has 0 amide bonds. The lowest BCUT2D eigenvalue weighted by atomic mass is 9.82. The molecule has 4 heteroatoms. The number of hydrogen-bond acceptors (Lipinski definition) is 4. The first-order valence-electron chi connectivity index (χ1n) is 15.3. The van der Waals surface area contributed by atoms with Crippen molar-refractivity contribution in [2.45, 2.75) is 19.3 Å². The number of hydrogen-bond donors (Lipinski definition) is 2. The normalized spacial score (nSPS) is 15.1. The molecule has 45 heavy (non-hydrogen) atoms. The summed E-state index contributed by atoms with van der Waals surface area (Å²) in [6.45, 7) is 4.65. The molecule has 0 radical (unpaired) electrons. The lowest BCUT2D eigenvalue weighted by Crippen LogP contribution is -2.19. The smallest absolute Gasteiger partial charge is 0.109 e. The van der Waals surface area contributed by atoms with Crippen molar-refractivity contribution in [1.29, 1.82) is 5.41 Å². The highest BCUT2D eigenvalue weighted by molar-refractivity contribution is 6.55. The van der Waals surface area contributed by atoms with Gasteiger partial charge in [-0.1, -0.05) is 105 Å². The summed E-state index contributed by atoms with van der Waals surface area (Å²) in [6.07, 6.45) is 3.96. The van der Waals surface area contributed by atoms with E-state index in [0.29, 0.717) is 11.4 Å².